The number of methoxy groups -OCH3 is 1. The van der Waals surface area contributed by atoms with Crippen molar-refractivity contribution < 1.29 is 37.8 Å². The molecule has 1 aromatic rings. The largest absolute Gasteiger partial charge is 0.493 e. The van der Waals surface area contributed by atoms with Gasteiger partial charge in [-0.1, -0.05) is 67.5 Å². The number of carbonyl (C=O) groups excluding carboxylic acids is 4. The van der Waals surface area contributed by atoms with Gasteiger partial charge in [-0.15, -0.1) is 0 Å². The van der Waals surface area contributed by atoms with Crippen molar-refractivity contribution in [2.75, 3.05) is 46.6 Å². The number of nitrogens with one attached hydrogen (secondary N) is 4. The quantitative estimate of drug-likeness (QED) is 0.0631. The molecule has 13 heteroatoms. The first-order valence-electron chi connectivity index (χ1n) is 20.2. The molecule has 0 aliphatic rings. The van der Waals surface area contributed by atoms with Crippen molar-refractivity contribution >= 4 is 32.1 Å². The number of unbranched alkanes of at least 4 members (excludes halogenated alkanes) is 1. The molecule has 0 radical (unpaired) electrons. The van der Waals surface area contributed by atoms with Gasteiger partial charge in [-0.3, -0.25) is 14.4 Å². The van der Waals surface area contributed by atoms with Crippen LogP contribution in [0.5, 0.6) is 5.75 Å². The third-order valence-corrected chi connectivity index (χ3v) is 15.2. The lowest BCUT2D eigenvalue weighted by molar-refractivity contribution is -0.127. The topological polar surface area (TPSA) is 153 Å². The maximum Gasteiger partial charge on any atom is 0.407 e. The van der Waals surface area contributed by atoms with Crippen molar-refractivity contribution in [1.29, 1.82) is 0 Å². The number of carbonyl (C=O) groups is 4. The Labute approximate surface area is 333 Å². The summed E-state index contributed by atoms with van der Waals surface area (Å²) in [4.78, 5) is 52.1. The van der Waals surface area contributed by atoms with E-state index >= 15 is 0 Å². The third kappa shape index (κ3) is 18.6. The summed E-state index contributed by atoms with van der Waals surface area (Å²) in [6.07, 6.45) is 3.10. The summed E-state index contributed by atoms with van der Waals surface area (Å²) in [7, 11) is 0.542. The van der Waals surface area contributed by atoms with E-state index in [0.717, 1.165) is 12.8 Å². The van der Waals surface area contributed by atoms with Crippen LogP contribution in [0.25, 0.3) is 0 Å². The Morgan fingerprint density at radius 3 is 2.00 bits per heavy atom. The highest BCUT2D eigenvalue weighted by atomic mass is 28.4. The number of rotatable bonds is 24. The molecule has 55 heavy (non-hydrogen) atoms. The minimum absolute atomic E-state index is 0.0489. The molecule has 0 saturated carbocycles. The van der Waals surface area contributed by atoms with E-state index in [1.54, 1.807) is 27.1 Å². The van der Waals surface area contributed by atoms with Gasteiger partial charge in [-0.25, -0.2) is 4.79 Å². The lowest BCUT2D eigenvalue weighted by Gasteiger charge is -2.43. The summed E-state index contributed by atoms with van der Waals surface area (Å²) in [6.45, 7) is 26.1. The van der Waals surface area contributed by atoms with Crippen molar-refractivity contribution in [1.82, 2.24) is 21.3 Å². The summed E-state index contributed by atoms with van der Waals surface area (Å²) >= 11 is 0. The summed E-state index contributed by atoms with van der Waals surface area (Å²) in [6, 6.07) is 7.29. The van der Waals surface area contributed by atoms with Crippen molar-refractivity contribution in [2.45, 2.75) is 132 Å². The number of benzene rings is 1. The second-order valence-electron chi connectivity index (χ2n) is 17.8. The van der Waals surface area contributed by atoms with E-state index in [0.29, 0.717) is 56.5 Å². The smallest absolute Gasteiger partial charge is 0.407 e. The van der Waals surface area contributed by atoms with E-state index in [1.165, 1.54) is 0 Å². The van der Waals surface area contributed by atoms with Gasteiger partial charge in [0.1, 0.15) is 11.4 Å². The van der Waals surface area contributed by atoms with Crippen LogP contribution in [0.2, 0.25) is 11.6 Å². The molecule has 4 amide bonds. The molecule has 5 atom stereocenters. The predicted molar refractivity (Wildman–Crippen MR) is 223 cm³/mol. The molecule has 1 rings (SSSR count). The van der Waals surface area contributed by atoms with E-state index in [2.05, 4.69) is 62.4 Å². The molecule has 0 heterocycles. The number of alkyl carbamates (subject to hydrolysis) is 1. The van der Waals surface area contributed by atoms with Gasteiger partial charge in [0.2, 0.25) is 20.1 Å². The van der Waals surface area contributed by atoms with Crippen LogP contribution in [0.3, 0.4) is 0 Å². The second-order valence-corrected chi connectivity index (χ2v) is 22.3. The van der Waals surface area contributed by atoms with Gasteiger partial charge >= 0.3 is 6.09 Å². The fraction of sp³-hybridized carbons (Fsp3) is 0.762. The maximum absolute atomic E-state index is 13.6. The molecule has 1 aromatic carbocycles. The average Bonchev–Trinajstić information content (AvgIpc) is 3.09. The second kappa shape index (κ2) is 23.8. The van der Waals surface area contributed by atoms with Gasteiger partial charge in [0.25, 0.3) is 5.91 Å². The fourth-order valence-electron chi connectivity index (χ4n) is 6.05. The Hall–Kier alpha value is -3.16. The lowest BCUT2D eigenvalue weighted by atomic mass is 9.85. The summed E-state index contributed by atoms with van der Waals surface area (Å²) in [5, 5.41) is 11.6. The van der Waals surface area contributed by atoms with Crippen molar-refractivity contribution in [3.63, 3.8) is 0 Å². The number of ether oxygens (including phenoxy) is 3. The van der Waals surface area contributed by atoms with Crippen molar-refractivity contribution in [3.05, 3.63) is 29.8 Å². The van der Waals surface area contributed by atoms with Crippen LogP contribution in [-0.2, 0) is 23.5 Å². The van der Waals surface area contributed by atoms with E-state index in [4.69, 9.17) is 18.6 Å². The average molecular weight is 793 g/mol. The molecule has 0 aromatic heterocycles. The first kappa shape index (κ1) is 49.9. The van der Waals surface area contributed by atoms with Crippen molar-refractivity contribution in [3.8, 4) is 5.75 Å². The highest BCUT2D eigenvalue weighted by molar-refractivity contribution is 6.75. The zero-order chi connectivity index (χ0) is 42.0. The number of hydrogen-bond donors (Lipinski definition) is 4. The van der Waals surface area contributed by atoms with Crippen LogP contribution in [0, 0.1) is 29.6 Å². The van der Waals surface area contributed by atoms with E-state index in [-0.39, 0.29) is 65.0 Å². The van der Waals surface area contributed by atoms with Gasteiger partial charge in [-0.2, -0.15) is 0 Å². The monoisotopic (exact) mass is 793 g/mol. The predicted octanol–water partition coefficient (Wildman–Crippen LogP) is 7.26. The molecule has 12 nitrogen and oxygen atoms in total. The first-order chi connectivity index (χ1) is 25.5. The van der Waals surface area contributed by atoms with E-state index < -0.39 is 20.0 Å². The minimum atomic E-state index is -2.72. The van der Waals surface area contributed by atoms with Gasteiger partial charge in [0, 0.05) is 52.0 Å². The van der Waals surface area contributed by atoms with Crippen molar-refractivity contribution in [2.24, 2.45) is 29.6 Å². The SMILES string of the molecule is CNC(=O)C(C)CNC(=O)C(CCC(CC(CNC(=O)c1ccccc1OCCCCOC)C(C)C)O[Si@@](C)(CNC(=O)OC(C)(C)C)C(C)(C)C)C(C)C. The summed E-state index contributed by atoms with van der Waals surface area (Å²) in [5.74, 6) is -0.201. The van der Waals surface area contributed by atoms with Gasteiger partial charge in [-0.05, 0) is 94.3 Å². The molecule has 4 N–H and O–H groups in total. The molecule has 316 valence electrons. The molecule has 0 fully saturated rings. The lowest BCUT2D eigenvalue weighted by Crippen LogP contribution is -2.56. The standard InChI is InChI=1S/C42H76N4O8Si/c1-29(2)32(27-45-39(49)35-19-15-16-20-36(35)52-24-18-17-23-51-13)25-33(21-22-34(30(3)4)38(48)44-26-31(5)37(47)43-12)54-55(14,42(9,10)11)28-46-40(50)53-41(6,7)8/h15-16,19-20,29-34H,17-18,21-28H2,1-14H3,(H,43,47)(H,44,48)(H,45,49)(H,46,50)/t31?,32?,33?,34?,55-/m0/s1. The number of amides is 4. The highest BCUT2D eigenvalue weighted by Gasteiger charge is 2.45. The van der Waals surface area contributed by atoms with Crippen LogP contribution in [0.1, 0.15) is 119 Å². The Kier molecular flexibility index (Phi) is 21.6. The highest BCUT2D eigenvalue weighted by Crippen LogP contribution is 2.39. The van der Waals surface area contributed by atoms with Gasteiger partial charge < -0.3 is 39.9 Å². The molecular weight excluding hydrogens is 717 g/mol. The summed E-state index contributed by atoms with van der Waals surface area (Å²) < 4.78 is 23.9. The minimum Gasteiger partial charge on any atom is -0.493 e. The molecule has 0 aliphatic carbocycles. The Bertz CT molecular complexity index is 1330. The van der Waals surface area contributed by atoms with Crippen LogP contribution in [0.4, 0.5) is 4.79 Å². The Morgan fingerprint density at radius 2 is 1.44 bits per heavy atom. The third-order valence-electron chi connectivity index (χ3n) is 10.4. The first-order valence-corrected chi connectivity index (χ1v) is 22.8. The van der Waals surface area contributed by atoms with Crippen LogP contribution < -0.4 is 26.0 Å². The zero-order valence-electron chi connectivity index (χ0n) is 36.6. The molecule has 0 saturated heterocycles. The normalized spacial score (nSPS) is 15.3. The Balaban J connectivity index is 3.34. The summed E-state index contributed by atoms with van der Waals surface area (Å²) in [5.41, 5.74) is -0.148. The Morgan fingerprint density at radius 1 is 0.800 bits per heavy atom. The van der Waals surface area contributed by atoms with Crippen LogP contribution >= 0.6 is 0 Å². The molecule has 0 spiro atoms. The molecule has 0 aliphatic heterocycles. The molecule has 0 bridgehead atoms. The molecular formula is C42H76N4O8Si. The fourth-order valence-corrected chi connectivity index (χ4v) is 8.45. The van der Waals surface area contributed by atoms with Crippen LogP contribution in [0.15, 0.2) is 24.3 Å². The number of para-hydroxylation sites is 1. The zero-order valence-corrected chi connectivity index (χ0v) is 37.6. The van der Waals surface area contributed by atoms with E-state index in [1.807, 2.05) is 52.8 Å². The van der Waals surface area contributed by atoms with Gasteiger partial charge in [0.05, 0.1) is 18.1 Å². The van der Waals surface area contributed by atoms with Crippen LogP contribution in [-0.4, -0.2) is 90.5 Å². The molecule has 4 unspecified atom stereocenters. The van der Waals surface area contributed by atoms with Gasteiger partial charge in [0.15, 0.2) is 0 Å². The van der Waals surface area contributed by atoms with E-state index in [9.17, 15) is 19.2 Å². The maximum atomic E-state index is 13.6. The number of hydrogen-bond acceptors (Lipinski definition) is 8.